The van der Waals surface area contributed by atoms with E-state index < -0.39 is 0 Å². The van der Waals surface area contributed by atoms with Crippen LogP contribution in [0.3, 0.4) is 0 Å². The van der Waals surface area contributed by atoms with E-state index in [0.29, 0.717) is 17.9 Å². The molecule has 2 aliphatic carbocycles. The number of carbonyl (C=O) groups excluding carboxylic acids is 2. The van der Waals surface area contributed by atoms with Crippen LogP contribution in [0.4, 0.5) is 0 Å². The van der Waals surface area contributed by atoms with Crippen molar-refractivity contribution in [3.8, 4) is 0 Å². The zero-order valence-corrected chi connectivity index (χ0v) is 13.7. The lowest BCUT2D eigenvalue weighted by Crippen LogP contribution is -2.45. The molecule has 124 valence electrons. The second-order valence-electron chi connectivity index (χ2n) is 7.42. The summed E-state index contributed by atoms with van der Waals surface area (Å²) >= 11 is 0. The van der Waals surface area contributed by atoms with Gasteiger partial charge in [-0.25, -0.2) is 0 Å². The maximum absolute atomic E-state index is 12.5. The maximum Gasteiger partial charge on any atom is 0.225 e. The second kappa shape index (κ2) is 7.47. The molecule has 0 radical (unpaired) electrons. The van der Waals surface area contributed by atoms with Crippen LogP contribution in [0.5, 0.6) is 0 Å². The Morgan fingerprint density at radius 1 is 0.727 bits per heavy atom. The maximum atomic E-state index is 12.5. The fourth-order valence-electron chi connectivity index (χ4n) is 3.87. The molecule has 1 heterocycles. The van der Waals surface area contributed by atoms with Crippen LogP contribution >= 0.6 is 0 Å². The number of carbonyl (C=O) groups is 2. The molecule has 1 aliphatic heterocycles. The number of likely N-dealkylation sites (tertiary alicyclic amines) is 1. The van der Waals surface area contributed by atoms with Crippen molar-refractivity contribution >= 4 is 11.8 Å². The predicted molar refractivity (Wildman–Crippen MR) is 86.3 cm³/mol. The van der Waals surface area contributed by atoms with Gasteiger partial charge in [0, 0.05) is 31.0 Å². The third-order valence-corrected chi connectivity index (χ3v) is 5.56. The summed E-state index contributed by atoms with van der Waals surface area (Å²) < 4.78 is 0. The first-order valence-electron chi connectivity index (χ1n) is 9.33. The van der Waals surface area contributed by atoms with Gasteiger partial charge in [0.15, 0.2) is 0 Å². The molecular formula is C18H30N2O2. The molecule has 0 aromatic carbocycles. The van der Waals surface area contributed by atoms with Gasteiger partial charge in [-0.05, 0) is 38.5 Å². The quantitative estimate of drug-likeness (QED) is 0.871. The number of hydrogen-bond acceptors (Lipinski definition) is 2. The van der Waals surface area contributed by atoms with Gasteiger partial charge in [0.25, 0.3) is 0 Å². The SMILES string of the molecule is O=C(NC1CCCCCCC1)C1CCN(C(=O)C2CC2)CC1. The lowest BCUT2D eigenvalue weighted by atomic mass is 9.93. The molecule has 0 aromatic rings. The number of piperidine rings is 1. The Morgan fingerprint density at radius 3 is 1.91 bits per heavy atom. The average Bonchev–Trinajstić information content (AvgIpc) is 3.34. The van der Waals surface area contributed by atoms with Crippen molar-refractivity contribution in [2.75, 3.05) is 13.1 Å². The van der Waals surface area contributed by atoms with E-state index in [-0.39, 0.29) is 11.8 Å². The zero-order valence-electron chi connectivity index (χ0n) is 13.7. The molecule has 4 heteroatoms. The molecule has 0 bridgehead atoms. The van der Waals surface area contributed by atoms with Crippen molar-refractivity contribution < 1.29 is 9.59 Å². The molecule has 0 aromatic heterocycles. The highest BCUT2D eigenvalue weighted by Gasteiger charge is 2.36. The van der Waals surface area contributed by atoms with Gasteiger partial charge >= 0.3 is 0 Å². The molecule has 0 unspecified atom stereocenters. The van der Waals surface area contributed by atoms with Gasteiger partial charge in [-0.2, -0.15) is 0 Å². The summed E-state index contributed by atoms with van der Waals surface area (Å²) in [4.78, 5) is 26.5. The van der Waals surface area contributed by atoms with E-state index >= 15 is 0 Å². The fourth-order valence-corrected chi connectivity index (χ4v) is 3.87. The van der Waals surface area contributed by atoms with E-state index in [9.17, 15) is 9.59 Å². The monoisotopic (exact) mass is 306 g/mol. The third kappa shape index (κ3) is 4.23. The van der Waals surface area contributed by atoms with Crippen molar-refractivity contribution in [3.05, 3.63) is 0 Å². The molecule has 2 saturated carbocycles. The molecule has 1 N–H and O–H groups in total. The van der Waals surface area contributed by atoms with E-state index in [1.807, 2.05) is 4.90 Å². The van der Waals surface area contributed by atoms with Crippen molar-refractivity contribution in [2.24, 2.45) is 11.8 Å². The first kappa shape index (κ1) is 15.8. The fraction of sp³-hybridized carbons (Fsp3) is 0.889. The van der Waals surface area contributed by atoms with Gasteiger partial charge in [0.2, 0.25) is 11.8 Å². The summed E-state index contributed by atoms with van der Waals surface area (Å²) in [6.45, 7) is 1.55. The molecule has 0 atom stereocenters. The van der Waals surface area contributed by atoms with Crippen molar-refractivity contribution in [1.29, 1.82) is 0 Å². The minimum absolute atomic E-state index is 0.119. The summed E-state index contributed by atoms with van der Waals surface area (Å²) in [5.41, 5.74) is 0. The number of rotatable bonds is 3. The Kier molecular flexibility index (Phi) is 5.37. The van der Waals surface area contributed by atoms with E-state index in [1.165, 1.54) is 32.1 Å². The number of nitrogens with one attached hydrogen (secondary N) is 1. The minimum atomic E-state index is 0.119. The molecule has 3 fully saturated rings. The smallest absolute Gasteiger partial charge is 0.225 e. The van der Waals surface area contributed by atoms with Crippen LogP contribution in [0.15, 0.2) is 0 Å². The highest BCUT2D eigenvalue weighted by molar-refractivity contribution is 5.82. The summed E-state index contributed by atoms with van der Waals surface area (Å²) in [5.74, 6) is 0.997. The second-order valence-corrected chi connectivity index (χ2v) is 7.42. The molecule has 3 aliphatic rings. The molecule has 0 spiro atoms. The Labute approximate surface area is 134 Å². The van der Waals surface area contributed by atoms with Crippen LogP contribution in [0, 0.1) is 11.8 Å². The predicted octanol–water partition coefficient (Wildman–Crippen LogP) is 2.86. The van der Waals surface area contributed by atoms with Gasteiger partial charge in [-0.1, -0.05) is 32.1 Å². The van der Waals surface area contributed by atoms with Crippen LogP contribution in [0.2, 0.25) is 0 Å². The summed E-state index contributed by atoms with van der Waals surface area (Å²) in [6.07, 6.45) is 12.6. The highest BCUT2D eigenvalue weighted by atomic mass is 16.2. The van der Waals surface area contributed by atoms with Gasteiger partial charge in [-0.15, -0.1) is 0 Å². The summed E-state index contributed by atoms with van der Waals surface area (Å²) in [7, 11) is 0. The Bertz CT molecular complexity index is 390. The average molecular weight is 306 g/mol. The van der Waals surface area contributed by atoms with Gasteiger partial charge in [0.1, 0.15) is 0 Å². The van der Waals surface area contributed by atoms with Crippen LogP contribution in [-0.2, 0) is 9.59 Å². The Hall–Kier alpha value is -1.06. The Balaban J connectivity index is 1.41. The van der Waals surface area contributed by atoms with Crippen LogP contribution in [-0.4, -0.2) is 35.8 Å². The Morgan fingerprint density at radius 2 is 1.32 bits per heavy atom. The highest BCUT2D eigenvalue weighted by Crippen LogP contribution is 2.32. The number of hydrogen-bond donors (Lipinski definition) is 1. The largest absolute Gasteiger partial charge is 0.353 e. The lowest BCUT2D eigenvalue weighted by Gasteiger charge is -2.32. The number of amides is 2. The lowest BCUT2D eigenvalue weighted by molar-refractivity contribution is -0.136. The van der Waals surface area contributed by atoms with Crippen molar-refractivity contribution in [1.82, 2.24) is 10.2 Å². The molecule has 3 rings (SSSR count). The number of nitrogens with zero attached hydrogens (tertiary/aromatic N) is 1. The molecule has 22 heavy (non-hydrogen) atoms. The zero-order chi connectivity index (χ0) is 15.4. The van der Waals surface area contributed by atoms with E-state index in [4.69, 9.17) is 0 Å². The van der Waals surface area contributed by atoms with Crippen LogP contribution in [0.25, 0.3) is 0 Å². The minimum Gasteiger partial charge on any atom is -0.353 e. The first-order chi connectivity index (χ1) is 10.7. The van der Waals surface area contributed by atoms with Crippen LogP contribution in [0.1, 0.15) is 70.6 Å². The van der Waals surface area contributed by atoms with E-state index in [1.54, 1.807) is 0 Å². The van der Waals surface area contributed by atoms with Gasteiger partial charge in [-0.3, -0.25) is 9.59 Å². The summed E-state index contributed by atoms with van der Waals surface area (Å²) in [5, 5.41) is 3.29. The van der Waals surface area contributed by atoms with E-state index in [0.717, 1.165) is 51.6 Å². The standard InChI is InChI=1S/C18H30N2O2/c21-17(19-16-6-4-2-1-3-5-7-16)14-10-12-20(13-11-14)18(22)15-8-9-15/h14-16H,1-13H2,(H,19,21). The van der Waals surface area contributed by atoms with Gasteiger partial charge in [0.05, 0.1) is 0 Å². The first-order valence-corrected chi connectivity index (χ1v) is 9.33. The third-order valence-electron chi connectivity index (χ3n) is 5.56. The van der Waals surface area contributed by atoms with Crippen molar-refractivity contribution in [3.63, 3.8) is 0 Å². The summed E-state index contributed by atoms with van der Waals surface area (Å²) in [6, 6.07) is 0.388. The molecule has 4 nitrogen and oxygen atoms in total. The van der Waals surface area contributed by atoms with Crippen molar-refractivity contribution in [2.45, 2.75) is 76.7 Å². The topological polar surface area (TPSA) is 49.4 Å². The van der Waals surface area contributed by atoms with Crippen LogP contribution < -0.4 is 5.32 Å². The molecule has 2 amide bonds. The van der Waals surface area contributed by atoms with E-state index in [2.05, 4.69) is 5.32 Å². The molecule has 1 saturated heterocycles. The van der Waals surface area contributed by atoms with Gasteiger partial charge < -0.3 is 10.2 Å². The normalized spacial score (nSPS) is 25.4. The molecular weight excluding hydrogens is 276 g/mol.